The summed E-state index contributed by atoms with van der Waals surface area (Å²) < 4.78 is 1.09. The van der Waals surface area contributed by atoms with Gasteiger partial charge in [-0.15, -0.1) is 6.20 Å². The van der Waals surface area contributed by atoms with Crippen LogP contribution in [0.25, 0.3) is 0 Å². The van der Waals surface area contributed by atoms with Gasteiger partial charge in [0.25, 0.3) is 0 Å². The summed E-state index contributed by atoms with van der Waals surface area (Å²) in [6, 6.07) is 0. The van der Waals surface area contributed by atoms with Crippen molar-refractivity contribution in [3.8, 4) is 0 Å². The Kier molecular flexibility index (Phi) is 4.01. The second kappa shape index (κ2) is 3.65. The van der Waals surface area contributed by atoms with E-state index < -0.39 is 0 Å². The van der Waals surface area contributed by atoms with Crippen molar-refractivity contribution in [3.05, 3.63) is 16.0 Å². The Labute approximate surface area is 70.7 Å². The first-order chi connectivity index (χ1) is 2.89. The van der Waals surface area contributed by atoms with Crippen molar-refractivity contribution in [2.45, 2.75) is 0 Å². The molecule has 1 heterocycles. The van der Waals surface area contributed by atoms with Gasteiger partial charge in [0.1, 0.15) is 0 Å². The van der Waals surface area contributed by atoms with Gasteiger partial charge >= 0.3 is 22.4 Å². The van der Waals surface area contributed by atoms with E-state index in [1.807, 2.05) is 0 Å². The Morgan fingerprint density at radius 2 is 2.43 bits per heavy atom. The van der Waals surface area contributed by atoms with Crippen molar-refractivity contribution in [3.63, 3.8) is 0 Å². The molecule has 1 aromatic heterocycles. The molecule has 1 aromatic rings. The molecule has 0 atom stereocenters. The van der Waals surface area contributed by atoms with E-state index in [9.17, 15) is 0 Å². The van der Waals surface area contributed by atoms with Gasteiger partial charge in [0.05, 0.1) is 0 Å². The minimum atomic E-state index is 0. The van der Waals surface area contributed by atoms with Gasteiger partial charge in [0.2, 0.25) is 0 Å². The van der Waals surface area contributed by atoms with E-state index in [-0.39, 0.29) is 22.4 Å². The predicted octanol–water partition coefficient (Wildman–Crippen LogP) is 0.641. The van der Waals surface area contributed by atoms with Crippen molar-refractivity contribution >= 4 is 22.6 Å². The van der Waals surface area contributed by atoms with Crippen LogP contribution in [-0.4, -0.2) is 5.10 Å². The van der Waals surface area contributed by atoms with Gasteiger partial charge in [0, 0.05) is 9.77 Å². The van der Waals surface area contributed by atoms with E-state index >= 15 is 0 Å². The Bertz CT molecular complexity index is 116. The Balaban J connectivity index is 0.000000360. The molecule has 0 aromatic carbocycles. The molecule has 42 valence electrons. The van der Waals surface area contributed by atoms with Gasteiger partial charge in [0.15, 0.2) is 0 Å². The number of hydrogen-bond acceptors (Lipinski definition) is 1. The maximum atomic E-state index is 3.56. The third kappa shape index (κ3) is 2.48. The van der Waals surface area contributed by atoms with Crippen LogP contribution in [-0.2, 0) is 22.4 Å². The smallest absolute Gasteiger partial charge is 0.581 e. The molecule has 0 saturated heterocycles. The number of halogens is 1. The Hall–Kier alpha value is 0.680. The van der Waals surface area contributed by atoms with Gasteiger partial charge in [-0.3, -0.25) is 0 Å². The minimum Gasteiger partial charge on any atom is -0.581 e. The maximum absolute atomic E-state index is 3.56. The number of hydrogen-bond donors (Lipinski definition) is 0. The van der Waals surface area contributed by atoms with Crippen molar-refractivity contribution in [1.29, 1.82) is 0 Å². The Morgan fingerprint density at radius 3 is 2.57 bits per heavy atom. The third-order valence-electron chi connectivity index (χ3n) is 0.429. The molecule has 1 rings (SSSR count). The fourth-order valence-electron chi connectivity index (χ4n) is 0.210. The summed E-state index contributed by atoms with van der Waals surface area (Å²) in [5, 5.41) is 7.13. The number of rotatable bonds is 0. The second-order valence-electron chi connectivity index (χ2n) is 0.874. The van der Waals surface area contributed by atoms with Crippen LogP contribution in [0.15, 0.2) is 12.4 Å². The summed E-state index contributed by atoms with van der Waals surface area (Å²) in [6.45, 7) is 0. The molecule has 4 heteroatoms. The fourth-order valence-corrected chi connectivity index (χ4v) is 0.459. The number of nitrogens with zero attached hydrogens (tertiary/aromatic N) is 2. The van der Waals surface area contributed by atoms with Gasteiger partial charge in [-0.05, 0) is 22.6 Å². The van der Waals surface area contributed by atoms with Crippen molar-refractivity contribution in [1.82, 2.24) is 10.2 Å². The van der Waals surface area contributed by atoms with E-state index in [4.69, 9.17) is 0 Å². The normalized spacial score (nSPS) is 7.57. The van der Waals surface area contributed by atoms with Crippen LogP contribution in [0.5, 0.6) is 0 Å². The first-order valence-corrected chi connectivity index (χ1v) is 2.56. The molecular weight excluding hydrogens is 299 g/mol. The van der Waals surface area contributed by atoms with E-state index in [0.29, 0.717) is 0 Å². The molecule has 0 amide bonds. The summed E-state index contributed by atoms with van der Waals surface area (Å²) in [5.74, 6) is 0. The van der Waals surface area contributed by atoms with Crippen molar-refractivity contribution in [2.24, 2.45) is 0 Å². The summed E-state index contributed by atoms with van der Waals surface area (Å²) in [6.07, 6.45) is 3.42. The standard InChI is InChI=1S/C3H2IN2.Ag/c4-3-1-5-6-2-3;/h1-2H;/q-1;+1. The van der Waals surface area contributed by atoms with Crippen LogP contribution >= 0.6 is 22.6 Å². The predicted molar refractivity (Wildman–Crippen MR) is 30.3 cm³/mol. The molecule has 0 aliphatic rings. The summed E-state index contributed by atoms with van der Waals surface area (Å²) in [4.78, 5) is 0. The average molecular weight is 301 g/mol. The summed E-state index contributed by atoms with van der Waals surface area (Å²) in [5.41, 5.74) is 0. The molecule has 0 unspecified atom stereocenters. The maximum Gasteiger partial charge on any atom is 1.00 e. The van der Waals surface area contributed by atoms with Crippen LogP contribution in [0.1, 0.15) is 0 Å². The van der Waals surface area contributed by atoms with Crippen LogP contribution in [0, 0.1) is 3.57 Å². The molecular formula is C3H2AgIN2. The Morgan fingerprint density at radius 1 is 1.71 bits per heavy atom. The molecule has 0 bridgehead atoms. The zero-order chi connectivity index (χ0) is 4.41. The third-order valence-corrected chi connectivity index (χ3v) is 0.986. The largest absolute Gasteiger partial charge is 1.00 e. The molecule has 2 nitrogen and oxygen atoms in total. The molecule has 0 saturated carbocycles. The molecule has 0 radical (unpaired) electrons. The van der Waals surface area contributed by atoms with Gasteiger partial charge in [-0.1, -0.05) is 0 Å². The first kappa shape index (κ1) is 7.68. The minimum absolute atomic E-state index is 0. The monoisotopic (exact) mass is 300 g/mol. The summed E-state index contributed by atoms with van der Waals surface area (Å²) >= 11 is 2.15. The number of aromatic nitrogens is 2. The van der Waals surface area contributed by atoms with E-state index in [0.717, 1.165) is 3.57 Å². The van der Waals surface area contributed by atoms with E-state index in [2.05, 4.69) is 32.8 Å². The SMILES string of the molecule is Ic1cn[n-]c1.[Ag+]. The van der Waals surface area contributed by atoms with Crippen molar-refractivity contribution in [2.75, 3.05) is 0 Å². The van der Waals surface area contributed by atoms with Gasteiger partial charge < -0.3 is 10.2 Å². The molecule has 0 fully saturated rings. The fraction of sp³-hybridized carbons (Fsp3) is 0. The molecule has 7 heavy (non-hydrogen) atoms. The van der Waals surface area contributed by atoms with E-state index in [1.165, 1.54) is 0 Å². The van der Waals surface area contributed by atoms with Crippen molar-refractivity contribution < 1.29 is 22.4 Å². The molecule has 0 spiro atoms. The van der Waals surface area contributed by atoms with Crippen LogP contribution in [0.3, 0.4) is 0 Å². The molecule has 0 aliphatic carbocycles. The van der Waals surface area contributed by atoms with Crippen LogP contribution in [0.2, 0.25) is 0 Å². The average Bonchev–Trinajstić information content (AvgIpc) is 1.86. The molecule has 0 N–H and O–H groups in total. The van der Waals surface area contributed by atoms with Gasteiger partial charge in [-0.2, -0.15) is 0 Å². The second-order valence-corrected chi connectivity index (χ2v) is 2.12. The quantitative estimate of drug-likeness (QED) is 0.519. The zero-order valence-corrected chi connectivity index (χ0v) is 6.87. The first-order valence-electron chi connectivity index (χ1n) is 1.48. The summed E-state index contributed by atoms with van der Waals surface area (Å²) in [7, 11) is 0. The zero-order valence-electron chi connectivity index (χ0n) is 3.23. The van der Waals surface area contributed by atoms with E-state index in [1.54, 1.807) is 12.4 Å². The van der Waals surface area contributed by atoms with Gasteiger partial charge in [-0.25, -0.2) is 0 Å². The van der Waals surface area contributed by atoms with Crippen LogP contribution in [0.4, 0.5) is 0 Å². The topological polar surface area (TPSA) is 27.0 Å². The van der Waals surface area contributed by atoms with Crippen LogP contribution < -0.4 is 5.10 Å². The molecule has 0 aliphatic heterocycles.